The van der Waals surface area contributed by atoms with Crippen LogP contribution >= 0.6 is 0 Å². The molecule has 1 amide bonds. The van der Waals surface area contributed by atoms with Crippen LogP contribution in [0.15, 0.2) is 24.3 Å². The van der Waals surface area contributed by atoms with Gasteiger partial charge >= 0.3 is 5.97 Å². The zero-order valence-electron chi connectivity index (χ0n) is 12.6. The summed E-state index contributed by atoms with van der Waals surface area (Å²) in [5.41, 5.74) is 1.06. The van der Waals surface area contributed by atoms with Gasteiger partial charge in [0.25, 0.3) is 0 Å². The molecule has 4 nitrogen and oxygen atoms in total. The molecule has 0 bridgehead atoms. The quantitative estimate of drug-likeness (QED) is 0.840. The van der Waals surface area contributed by atoms with Crippen LogP contribution in [0.2, 0.25) is 0 Å². The lowest BCUT2D eigenvalue weighted by Crippen LogP contribution is -2.49. The van der Waals surface area contributed by atoms with Crippen molar-refractivity contribution in [3.05, 3.63) is 35.4 Å². The summed E-state index contributed by atoms with van der Waals surface area (Å²) in [6.45, 7) is 7.02. The molecule has 0 saturated carbocycles. The number of carbonyl (C=O) groups excluding carboxylic acids is 1. The number of aliphatic carboxylic acids is 1. The van der Waals surface area contributed by atoms with Crippen LogP contribution in [0.3, 0.4) is 0 Å². The topological polar surface area (TPSA) is 66.4 Å². The SMILES string of the molecule is CCC(CC(=O)NC(C)(C)C(=O)O)c1ccc(C)cc1. The van der Waals surface area contributed by atoms with Crippen LogP contribution in [-0.4, -0.2) is 22.5 Å². The number of carboxylic acids is 1. The number of benzene rings is 1. The number of carboxylic acid groups (broad SMARTS) is 1. The summed E-state index contributed by atoms with van der Waals surface area (Å²) in [7, 11) is 0. The Kier molecular flexibility index (Phi) is 5.31. The van der Waals surface area contributed by atoms with Gasteiger partial charge in [0.2, 0.25) is 5.91 Å². The van der Waals surface area contributed by atoms with Crippen LogP contribution in [0.5, 0.6) is 0 Å². The fraction of sp³-hybridized carbons (Fsp3) is 0.500. The standard InChI is InChI=1S/C16H23NO3/c1-5-12(13-8-6-11(2)7-9-13)10-14(18)17-16(3,4)15(19)20/h6-9,12H,5,10H2,1-4H3,(H,17,18)(H,19,20). The number of amides is 1. The third-order valence-corrected chi connectivity index (χ3v) is 3.46. The molecule has 0 aliphatic carbocycles. The molecule has 0 spiro atoms. The lowest BCUT2D eigenvalue weighted by Gasteiger charge is -2.23. The monoisotopic (exact) mass is 277 g/mol. The number of hydrogen-bond donors (Lipinski definition) is 2. The first kappa shape index (κ1) is 16.2. The molecule has 1 atom stereocenters. The molecule has 20 heavy (non-hydrogen) atoms. The summed E-state index contributed by atoms with van der Waals surface area (Å²) in [6.07, 6.45) is 1.14. The molecule has 0 radical (unpaired) electrons. The Bertz CT molecular complexity index is 477. The largest absolute Gasteiger partial charge is 0.480 e. The van der Waals surface area contributed by atoms with Crippen LogP contribution < -0.4 is 5.32 Å². The molecule has 0 aliphatic heterocycles. The van der Waals surface area contributed by atoms with Crippen molar-refractivity contribution in [2.75, 3.05) is 0 Å². The molecule has 1 rings (SSSR count). The first-order chi connectivity index (χ1) is 9.26. The summed E-state index contributed by atoms with van der Waals surface area (Å²) in [5, 5.41) is 11.6. The van der Waals surface area contributed by atoms with Crippen LogP contribution in [0.1, 0.15) is 50.7 Å². The predicted octanol–water partition coefficient (Wildman–Crippen LogP) is 2.86. The van der Waals surface area contributed by atoms with E-state index in [9.17, 15) is 9.59 Å². The Morgan fingerprint density at radius 3 is 2.25 bits per heavy atom. The molecule has 110 valence electrons. The highest BCUT2D eigenvalue weighted by molar-refractivity contribution is 5.86. The zero-order valence-corrected chi connectivity index (χ0v) is 12.6. The van der Waals surface area contributed by atoms with Crippen LogP contribution in [-0.2, 0) is 9.59 Å². The maximum atomic E-state index is 12.0. The first-order valence-electron chi connectivity index (χ1n) is 6.87. The van der Waals surface area contributed by atoms with Crippen molar-refractivity contribution >= 4 is 11.9 Å². The summed E-state index contributed by atoms with van der Waals surface area (Å²) in [4.78, 5) is 23.0. The normalized spacial score (nSPS) is 12.8. The van der Waals surface area contributed by atoms with E-state index in [2.05, 4.69) is 5.32 Å². The van der Waals surface area contributed by atoms with Gasteiger partial charge in [-0.1, -0.05) is 36.8 Å². The number of nitrogens with one attached hydrogen (secondary N) is 1. The van der Waals surface area contributed by atoms with E-state index in [1.807, 2.05) is 38.1 Å². The van der Waals surface area contributed by atoms with Gasteiger partial charge in [-0.25, -0.2) is 4.79 Å². The van der Waals surface area contributed by atoms with Gasteiger partial charge in [-0.2, -0.15) is 0 Å². The van der Waals surface area contributed by atoms with E-state index in [1.54, 1.807) is 0 Å². The second kappa shape index (κ2) is 6.55. The lowest BCUT2D eigenvalue weighted by atomic mass is 9.92. The molecule has 0 aliphatic rings. The summed E-state index contributed by atoms with van der Waals surface area (Å²) < 4.78 is 0. The van der Waals surface area contributed by atoms with E-state index in [1.165, 1.54) is 19.4 Å². The molecule has 1 aromatic rings. The van der Waals surface area contributed by atoms with Gasteiger partial charge in [0.05, 0.1) is 0 Å². The van der Waals surface area contributed by atoms with Gasteiger partial charge in [0.15, 0.2) is 0 Å². The second-order valence-electron chi connectivity index (χ2n) is 5.70. The van der Waals surface area contributed by atoms with Gasteiger partial charge in [-0.3, -0.25) is 4.79 Å². The fourth-order valence-electron chi connectivity index (χ4n) is 2.01. The molecule has 1 aromatic carbocycles. The molecule has 1 unspecified atom stereocenters. The minimum Gasteiger partial charge on any atom is -0.480 e. The summed E-state index contributed by atoms with van der Waals surface area (Å²) >= 11 is 0. The minimum atomic E-state index is -1.23. The van der Waals surface area contributed by atoms with Crippen molar-refractivity contribution in [1.29, 1.82) is 0 Å². The average molecular weight is 277 g/mol. The smallest absolute Gasteiger partial charge is 0.328 e. The molecule has 0 aromatic heterocycles. The molecular formula is C16H23NO3. The van der Waals surface area contributed by atoms with Gasteiger partial charge in [0.1, 0.15) is 5.54 Å². The minimum absolute atomic E-state index is 0.111. The van der Waals surface area contributed by atoms with Crippen molar-refractivity contribution in [2.45, 2.75) is 52.0 Å². The Morgan fingerprint density at radius 2 is 1.80 bits per heavy atom. The molecule has 4 heteroatoms. The fourth-order valence-corrected chi connectivity index (χ4v) is 2.01. The lowest BCUT2D eigenvalue weighted by molar-refractivity contribution is -0.146. The molecule has 2 N–H and O–H groups in total. The van der Waals surface area contributed by atoms with E-state index in [0.717, 1.165) is 12.0 Å². The number of hydrogen-bond acceptors (Lipinski definition) is 2. The first-order valence-corrected chi connectivity index (χ1v) is 6.87. The highest BCUT2D eigenvalue weighted by atomic mass is 16.4. The van der Waals surface area contributed by atoms with Gasteiger partial charge in [-0.05, 0) is 38.7 Å². The number of carbonyl (C=O) groups is 2. The third-order valence-electron chi connectivity index (χ3n) is 3.46. The average Bonchev–Trinajstić information content (AvgIpc) is 2.36. The Morgan fingerprint density at radius 1 is 1.25 bits per heavy atom. The van der Waals surface area contributed by atoms with Crippen LogP contribution in [0.4, 0.5) is 0 Å². The molecule has 0 heterocycles. The molecule has 0 saturated heterocycles. The summed E-state index contributed by atoms with van der Waals surface area (Å²) in [5.74, 6) is -1.15. The summed E-state index contributed by atoms with van der Waals surface area (Å²) in [6, 6.07) is 8.10. The van der Waals surface area contributed by atoms with E-state index >= 15 is 0 Å². The maximum absolute atomic E-state index is 12.0. The van der Waals surface area contributed by atoms with Crippen molar-refractivity contribution in [3.8, 4) is 0 Å². The van der Waals surface area contributed by atoms with E-state index in [-0.39, 0.29) is 11.8 Å². The number of rotatable bonds is 6. The van der Waals surface area contributed by atoms with Gasteiger partial charge < -0.3 is 10.4 Å². The van der Waals surface area contributed by atoms with E-state index in [4.69, 9.17) is 5.11 Å². The van der Waals surface area contributed by atoms with E-state index in [0.29, 0.717) is 6.42 Å². The Hall–Kier alpha value is -1.84. The molecular weight excluding hydrogens is 254 g/mol. The van der Waals surface area contributed by atoms with E-state index < -0.39 is 11.5 Å². The Balaban J connectivity index is 2.72. The van der Waals surface area contributed by atoms with Crippen molar-refractivity contribution in [3.63, 3.8) is 0 Å². The van der Waals surface area contributed by atoms with Crippen LogP contribution in [0.25, 0.3) is 0 Å². The zero-order chi connectivity index (χ0) is 15.3. The van der Waals surface area contributed by atoms with Crippen molar-refractivity contribution in [2.24, 2.45) is 0 Å². The van der Waals surface area contributed by atoms with Gasteiger partial charge in [0, 0.05) is 6.42 Å². The molecule has 0 fully saturated rings. The predicted molar refractivity (Wildman–Crippen MR) is 78.7 cm³/mol. The Labute approximate surface area is 120 Å². The van der Waals surface area contributed by atoms with Crippen LogP contribution in [0, 0.1) is 6.92 Å². The maximum Gasteiger partial charge on any atom is 0.328 e. The highest BCUT2D eigenvalue weighted by Gasteiger charge is 2.29. The van der Waals surface area contributed by atoms with Gasteiger partial charge in [-0.15, -0.1) is 0 Å². The third kappa shape index (κ3) is 4.37. The number of aryl methyl sites for hydroxylation is 1. The highest BCUT2D eigenvalue weighted by Crippen LogP contribution is 2.23. The second-order valence-corrected chi connectivity index (χ2v) is 5.70. The van der Waals surface area contributed by atoms with Crippen molar-refractivity contribution < 1.29 is 14.7 Å². The van der Waals surface area contributed by atoms with Crippen molar-refractivity contribution in [1.82, 2.24) is 5.32 Å².